The van der Waals surface area contributed by atoms with Crippen molar-refractivity contribution in [1.29, 1.82) is 0 Å². The Morgan fingerprint density at radius 2 is 2.06 bits per heavy atom. The van der Waals surface area contributed by atoms with Crippen LogP contribution in [0, 0.1) is 17.7 Å². The minimum Gasteiger partial charge on any atom is -0.490 e. The molecule has 0 amide bonds. The zero-order chi connectivity index (χ0) is 12.7. The number of benzene rings is 1. The van der Waals surface area contributed by atoms with Gasteiger partial charge in [0.05, 0.1) is 6.61 Å². The summed E-state index contributed by atoms with van der Waals surface area (Å²) in [5, 5.41) is 0. The first-order valence-corrected chi connectivity index (χ1v) is 7.10. The highest BCUT2D eigenvalue weighted by Gasteiger charge is 2.28. The molecule has 1 nitrogen and oxygen atoms in total. The van der Waals surface area contributed by atoms with Crippen LogP contribution in [0.2, 0.25) is 0 Å². The van der Waals surface area contributed by atoms with Crippen LogP contribution >= 0.6 is 0 Å². The maximum Gasteiger partial charge on any atom is 0.165 e. The topological polar surface area (TPSA) is 9.23 Å². The van der Waals surface area contributed by atoms with Gasteiger partial charge in [-0.05, 0) is 66.7 Å². The third-order valence-corrected chi connectivity index (χ3v) is 4.29. The zero-order valence-electron chi connectivity index (χ0n) is 11.2. The number of aryl methyl sites for hydroxylation is 1. The lowest BCUT2D eigenvalue weighted by molar-refractivity contribution is 0.284. The van der Waals surface area contributed by atoms with E-state index >= 15 is 0 Å². The summed E-state index contributed by atoms with van der Waals surface area (Å²) in [5.74, 6) is 2.14. The van der Waals surface area contributed by atoms with E-state index in [2.05, 4.69) is 13.8 Å². The zero-order valence-corrected chi connectivity index (χ0v) is 11.2. The predicted molar refractivity (Wildman–Crippen MR) is 70.5 cm³/mol. The molecule has 1 atom stereocenters. The van der Waals surface area contributed by atoms with Crippen LogP contribution in [0.4, 0.5) is 4.39 Å². The predicted octanol–water partition coefficient (Wildman–Crippen LogP) is 4.30. The summed E-state index contributed by atoms with van der Waals surface area (Å²) >= 11 is 0. The Kier molecular flexibility index (Phi) is 3.04. The number of rotatable bonds is 4. The highest BCUT2D eigenvalue weighted by Crippen LogP contribution is 2.41. The fraction of sp³-hybridized carbons (Fsp3) is 0.625. The van der Waals surface area contributed by atoms with Gasteiger partial charge in [0.1, 0.15) is 0 Å². The molecular weight excluding hydrogens is 227 g/mol. The molecule has 0 unspecified atom stereocenters. The van der Waals surface area contributed by atoms with Gasteiger partial charge in [-0.15, -0.1) is 0 Å². The number of hydrogen-bond donors (Lipinski definition) is 0. The Morgan fingerprint density at radius 3 is 2.72 bits per heavy atom. The van der Waals surface area contributed by atoms with Crippen molar-refractivity contribution in [1.82, 2.24) is 0 Å². The second-order valence-corrected chi connectivity index (χ2v) is 6.13. The highest BCUT2D eigenvalue weighted by atomic mass is 19.1. The van der Waals surface area contributed by atoms with Gasteiger partial charge in [-0.3, -0.25) is 0 Å². The average molecular weight is 248 g/mol. The summed E-state index contributed by atoms with van der Waals surface area (Å²) in [6.45, 7) is 5.17. The molecular formula is C16H21FO. The second kappa shape index (κ2) is 4.56. The van der Waals surface area contributed by atoms with E-state index in [1.165, 1.54) is 24.0 Å². The van der Waals surface area contributed by atoms with E-state index in [-0.39, 0.29) is 5.82 Å². The van der Waals surface area contributed by atoms with Gasteiger partial charge in [0, 0.05) is 0 Å². The molecule has 98 valence electrons. The van der Waals surface area contributed by atoms with E-state index in [0.717, 1.165) is 12.8 Å². The van der Waals surface area contributed by atoms with Crippen LogP contribution in [-0.2, 0) is 6.42 Å². The van der Waals surface area contributed by atoms with Crippen molar-refractivity contribution in [3.63, 3.8) is 0 Å². The molecule has 2 aliphatic rings. The third kappa shape index (κ3) is 2.25. The van der Waals surface area contributed by atoms with Crippen LogP contribution in [0.3, 0.4) is 0 Å². The van der Waals surface area contributed by atoms with E-state index in [1.807, 2.05) is 6.07 Å². The van der Waals surface area contributed by atoms with Gasteiger partial charge < -0.3 is 4.74 Å². The van der Waals surface area contributed by atoms with E-state index in [1.54, 1.807) is 6.07 Å². The van der Waals surface area contributed by atoms with Crippen molar-refractivity contribution < 1.29 is 9.13 Å². The van der Waals surface area contributed by atoms with Crippen LogP contribution in [0.5, 0.6) is 5.75 Å². The second-order valence-electron chi connectivity index (χ2n) is 6.13. The lowest BCUT2D eigenvalue weighted by atomic mass is 9.90. The number of halogens is 1. The molecule has 3 rings (SSSR count). The number of fused-ring (bicyclic) bond motifs is 1. The molecule has 1 saturated carbocycles. The van der Waals surface area contributed by atoms with Crippen molar-refractivity contribution >= 4 is 0 Å². The van der Waals surface area contributed by atoms with Gasteiger partial charge in [0.15, 0.2) is 11.6 Å². The van der Waals surface area contributed by atoms with Crippen molar-refractivity contribution in [3.05, 3.63) is 29.1 Å². The van der Waals surface area contributed by atoms with Gasteiger partial charge >= 0.3 is 0 Å². The largest absolute Gasteiger partial charge is 0.490 e. The molecule has 0 spiro atoms. The normalized spacial score (nSPS) is 22.3. The van der Waals surface area contributed by atoms with Crippen LogP contribution in [-0.4, -0.2) is 6.61 Å². The molecule has 0 heterocycles. The average Bonchev–Trinajstić information content (AvgIpc) is 3.06. The molecule has 1 fully saturated rings. The number of hydrogen-bond acceptors (Lipinski definition) is 1. The Hall–Kier alpha value is -1.05. The van der Waals surface area contributed by atoms with E-state index in [9.17, 15) is 4.39 Å². The lowest BCUT2D eigenvalue weighted by Crippen LogP contribution is -2.05. The first kappa shape index (κ1) is 12.0. The van der Waals surface area contributed by atoms with Crippen molar-refractivity contribution in [3.8, 4) is 5.75 Å². The summed E-state index contributed by atoms with van der Waals surface area (Å²) in [6.07, 6.45) is 4.64. The third-order valence-electron chi connectivity index (χ3n) is 4.29. The minimum atomic E-state index is -0.182. The first-order chi connectivity index (χ1) is 8.65. The molecule has 2 aliphatic carbocycles. The maximum absolute atomic E-state index is 13.9. The first-order valence-electron chi connectivity index (χ1n) is 7.10. The summed E-state index contributed by atoms with van der Waals surface area (Å²) in [6, 6.07) is 3.66. The lowest BCUT2D eigenvalue weighted by Gasteiger charge is -2.17. The van der Waals surface area contributed by atoms with E-state index < -0.39 is 0 Å². The fourth-order valence-corrected chi connectivity index (χ4v) is 2.93. The van der Waals surface area contributed by atoms with Crippen molar-refractivity contribution in [2.45, 2.75) is 45.4 Å². The van der Waals surface area contributed by atoms with Gasteiger partial charge in [-0.1, -0.05) is 13.8 Å². The monoisotopic (exact) mass is 248 g/mol. The van der Waals surface area contributed by atoms with E-state index in [0.29, 0.717) is 30.1 Å². The molecule has 1 aromatic rings. The fourth-order valence-electron chi connectivity index (χ4n) is 2.93. The molecule has 2 heteroatoms. The molecule has 0 saturated heterocycles. The smallest absolute Gasteiger partial charge is 0.165 e. The maximum atomic E-state index is 13.9. The number of ether oxygens (including phenoxy) is 1. The summed E-state index contributed by atoms with van der Waals surface area (Å²) in [4.78, 5) is 0. The van der Waals surface area contributed by atoms with Gasteiger partial charge in [0.25, 0.3) is 0 Å². The molecule has 18 heavy (non-hydrogen) atoms. The van der Waals surface area contributed by atoms with Crippen LogP contribution in [0.1, 0.15) is 50.2 Å². The molecule has 0 bridgehead atoms. The van der Waals surface area contributed by atoms with E-state index in [4.69, 9.17) is 4.74 Å². The summed E-state index contributed by atoms with van der Waals surface area (Å²) < 4.78 is 19.6. The van der Waals surface area contributed by atoms with Gasteiger partial charge in [0.2, 0.25) is 0 Å². The van der Waals surface area contributed by atoms with Gasteiger partial charge in [-0.25, -0.2) is 4.39 Å². The summed E-state index contributed by atoms with van der Waals surface area (Å²) in [5.41, 5.74) is 2.50. The Labute approximate surface area is 108 Å². The molecule has 0 aromatic heterocycles. The van der Waals surface area contributed by atoms with Crippen LogP contribution in [0.25, 0.3) is 0 Å². The summed E-state index contributed by atoms with van der Waals surface area (Å²) in [7, 11) is 0. The SMILES string of the molecule is CC(C)[C@H]1CCc2cc(F)c(OCC3CC3)cc21. The Bertz CT molecular complexity index is 449. The van der Waals surface area contributed by atoms with Crippen molar-refractivity contribution in [2.24, 2.45) is 11.8 Å². The van der Waals surface area contributed by atoms with Crippen LogP contribution < -0.4 is 4.74 Å². The molecule has 0 aliphatic heterocycles. The quantitative estimate of drug-likeness (QED) is 0.772. The van der Waals surface area contributed by atoms with Gasteiger partial charge in [-0.2, -0.15) is 0 Å². The Morgan fingerprint density at radius 1 is 1.28 bits per heavy atom. The Balaban J connectivity index is 1.84. The molecule has 0 N–H and O–H groups in total. The van der Waals surface area contributed by atoms with Crippen LogP contribution in [0.15, 0.2) is 12.1 Å². The molecule has 0 radical (unpaired) electrons. The van der Waals surface area contributed by atoms with Crippen molar-refractivity contribution in [2.75, 3.05) is 6.61 Å². The standard InChI is InChI=1S/C16H21FO/c1-10(2)13-6-5-12-7-15(17)16(8-14(12)13)18-9-11-3-4-11/h7-8,10-11,13H,3-6,9H2,1-2H3/t13-/m1/s1. The molecule has 1 aromatic carbocycles. The highest BCUT2D eigenvalue weighted by molar-refractivity contribution is 5.42. The minimum absolute atomic E-state index is 0.182.